The van der Waals surface area contributed by atoms with Gasteiger partial charge in [-0.25, -0.2) is 13.1 Å². The lowest BCUT2D eigenvalue weighted by molar-refractivity contribution is 0.101. The summed E-state index contributed by atoms with van der Waals surface area (Å²) in [7, 11) is -3.62. The summed E-state index contributed by atoms with van der Waals surface area (Å²) in [6.07, 6.45) is -0.749. The Morgan fingerprint density at radius 2 is 1.88 bits per heavy atom. The lowest BCUT2D eigenvalue weighted by Gasteiger charge is -2.08. The van der Waals surface area contributed by atoms with E-state index in [1.54, 1.807) is 0 Å². The van der Waals surface area contributed by atoms with E-state index in [1.807, 2.05) is 0 Å². The Morgan fingerprint density at radius 3 is 2.29 bits per heavy atom. The predicted molar refractivity (Wildman–Crippen MR) is 63.3 cm³/mol. The smallest absolute Gasteiger partial charge is 0.240 e. The highest BCUT2D eigenvalue weighted by Crippen LogP contribution is 2.10. The van der Waals surface area contributed by atoms with E-state index in [1.165, 1.54) is 38.1 Å². The number of rotatable bonds is 5. The van der Waals surface area contributed by atoms with Gasteiger partial charge >= 0.3 is 0 Å². The van der Waals surface area contributed by atoms with Crippen LogP contribution in [0.2, 0.25) is 0 Å². The summed E-state index contributed by atoms with van der Waals surface area (Å²) < 4.78 is 25.7. The standard InChI is InChI=1S/C11H15NO4S/c1-8(13)7-12-17(15,16)11-5-3-10(4-6-11)9(2)14/h3-6,8,12-13H,7H2,1-2H3. The van der Waals surface area contributed by atoms with Crippen LogP contribution in [-0.4, -0.2) is 32.0 Å². The van der Waals surface area contributed by atoms with Crippen molar-refractivity contribution < 1.29 is 18.3 Å². The maximum Gasteiger partial charge on any atom is 0.240 e. The first-order valence-corrected chi connectivity index (χ1v) is 6.60. The highest BCUT2D eigenvalue weighted by Gasteiger charge is 2.14. The average molecular weight is 257 g/mol. The van der Waals surface area contributed by atoms with E-state index in [9.17, 15) is 13.2 Å². The molecule has 1 atom stereocenters. The number of carbonyl (C=O) groups excluding carboxylic acids is 1. The highest BCUT2D eigenvalue weighted by molar-refractivity contribution is 7.89. The molecular weight excluding hydrogens is 242 g/mol. The zero-order chi connectivity index (χ0) is 13.1. The number of Topliss-reactive ketones (excluding diaryl/α,β-unsaturated/α-hetero) is 1. The van der Waals surface area contributed by atoms with Crippen LogP contribution in [0, 0.1) is 0 Å². The molecule has 0 spiro atoms. The van der Waals surface area contributed by atoms with E-state index in [2.05, 4.69) is 4.72 Å². The second-order valence-electron chi connectivity index (χ2n) is 3.78. The highest BCUT2D eigenvalue weighted by atomic mass is 32.2. The summed E-state index contributed by atoms with van der Waals surface area (Å²) in [6.45, 7) is 2.85. The number of aliphatic hydroxyl groups is 1. The lowest BCUT2D eigenvalue weighted by atomic mass is 10.2. The summed E-state index contributed by atoms with van der Waals surface area (Å²) >= 11 is 0. The van der Waals surface area contributed by atoms with Gasteiger partial charge in [-0.3, -0.25) is 4.79 Å². The molecule has 5 nitrogen and oxygen atoms in total. The van der Waals surface area contributed by atoms with E-state index in [0.717, 1.165) is 0 Å². The molecule has 0 fully saturated rings. The van der Waals surface area contributed by atoms with Crippen LogP contribution in [-0.2, 0) is 10.0 Å². The summed E-state index contributed by atoms with van der Waals surface area (Å²) in [4.78, 5) is 11.1. The minimum absolute atomic E-state index is 0.0448. The molecule has 0 bridgehead atoms. The molecule has 6 heteroatoms. The van der Waals surface area contributed by atoms with Gasteiger partial charge in [0.15, 0.2) is 5.78 Å². The van der Waals surface area contributed by atoms with Crippen molar-refractivity contribution in [1.82, 2.24) is 4.72 Å². The molecule has 0 saturated carbocycles. The molecule has 2 N–H and O–H groups in total. The first kappa shape index (κ1) is 13.8. The van der Waals surface area contributed by atoms with Crippen LogP contribution in [0.15, 0.2) is 29.2 Å². The zero-order valence-electron chi connectivity index (χ0n) is 9.67. The third kappa shape index (κ3) is 3.92. The van der Waals surface area contributed by atoms with Gasteiger partial charge in [0.05, 0.1) is 11.0 Å². The van der Waals surface area contributed by atoms with Crippen LogP contribution in [0.25, 0.3) is 0 Å². The van der Waals surface area contributed by atoms with Crippen molar-refractivity contribution >= 4 is 15.8 Å². The Labute approximate surface area is 101 Å². The van der Waals surface area contributed by atoms with Crippen molar-refractivity contribution in [2.45, 2.75) is 24.8 Å². The fourth-order valence-corrected chi connectivity index (χ4v) is 2.30. The first-order valence-electron chi connectivity index (χ1n) is 5.11. The van der Waals surface area contributed by atoms with Crippen LogP contribution in [0.1, 0.15) is 24.2 Å². The molecule has 0 aromatic heterocycles. The molecular formula is C11H15NO4S. The van der Waals surface area contributed by atoms with Crippen LogP contribution < -0.4 is 4.72 Å². The van der Waals surface area contributed by atoms with E-state index in [4.69, 9.17) is 5.11 Å². The Morgan fingerprint density at radius 1 is 1.35 bits per heavy atom. The van der Waals surface area contributed by atoms with Crippen LogP contribution >= 0.6 is 0 Å². The number of hydrogen-bond acceptors (Lipinski definition) is 4. The third-order valence-electron chi connectivity index (χ3n) is 2.14. The zero-order valence-corrected chi connectivity index (χ0v) is 10.5. The predicted octanol–water partition coefficient (Wildman–Crippen LogP) is 0.548. The third-order valence-corrected chi connectivity index (χ3v) is 3.58. The van der Waals surface area contributed by atoms with E-state index >= 15 is 0 Å². The van der Waals surface area contributed by atoms with Crippen molar-refractivity contribution in [2.75, 3.05) is 6.54 Å². The van der Waals surface area contributed by atoms with Gasteiger partial charge in [-0.15, -0.1) is 0 Å². The number of sulfonamides is 1. The van der Waals surface area contributed by atoms with Crippen molar-refractivity contribution in [3.05, 3.63) is 29.8 Å². The Bertz CT molecular complexity index is 491. The van der Waals surface area contributed by atoms with Gasteiger partial charge in [-0.2, -0.15) is 0 Å². The van der Waals surface area contributed by atoms with Crippen LogP contribution in [0.5, 0.6) is 0 Å². The van der Waals surface area contributed by atoms with Crippen LogP contribution in [0.3, 0.4) is 0 Å². The second kappa shape index (κ2) is 5.39. The number of nitrogens with one attached hydrogen (secondary N) is 1. The molecule has 1 aromatic carbocycles. The van der Waals surface area contributed by atoms with E-state index < -0.39 is 16.1 Å². The summed E-state index contributed by atoms with van der Waals surface area (Å²) in [5.74, 6) is -0.120. The van der Waals surface area contributed by atoms with Gasteiger partial charge < -0.3 is 5.11 Å². The molecule has 0 heterocycles. The van der Waals surface area contributed by atoms with Crippen molar-refractivity contribution in [3.63, 3.8) is 0 Å². The van der Waals surface area contributed by atoms with Gasteiger partial charge in [-0.05, 0) is 26.0 Å². The Hall–Kier alpha value is -1.24. The average Bonchev–Trinajstić information content (AvgIpc) is 2.27. The molecule has 1 aromatic rings. The van der Waals surface area contributed by atoms with Crippen molar-refractivity contribution in [1.29, 1.82) is 0 Å². The molecule has 1 unspecified atom stereocenters. The van der Waals surface area contributed by atoms with Gasteiger partial charge in [0.25, 0.3) is 0 Å². The van der Waals surface area contributed by atoms with E-state index in [0.29, 0.717) is 5.56 Å². The molecule has 0 radical (unpaired) electrons. The normalized spacial score (nSPS) is 13.4. The molecule has 0 aliphatic heterocycles. The maximum absolute atomic E-state index is 11.7. The topological polar surface area (TPSA) is 83.5 Å². The number of aliphatic hydroxyl groups excluding tert-OH is 1. The van der Waals surface area contributed by atoms with Crippen molar-refractivity contribution in [2.24, 2.45) is 0 Å². The van der Waals surface area contributed by atoms with Crippen molar-refractivity contribution in [3.8, 4) is 0 Å². The number of benzene rings is 1. The first-order chi connectivity index (χ1) is 7.83. The van der Waals surface area contributed by atoms with Gasteiger partial charge in [0.2, 0.25) is 10.0 Å². The lowest BCUT2D eigenvalue weighted by Crippen LogP contribution is -2.30. The molecule has 0 aliphatic carbocycles. The fraction of sp³-hybridized carbons (Fsp3) is 0.364. The quantitative estimate of drug-likeness (QED) is 0.754. The molecule has 0 amide bonds. The van der Waals surface area contributed by atoms with Gasteiger partial charge in [0, 0.05) is 12.1 Å². The summed E-state index contributed by atoms with van der Waals surface area (Å²) in [5.41, 5.74) is 0.458. The Balaban J connectivity index is 2.89. The largest absolute Gasteiger partial charge is 0.392 e. The number of ketones is 1. The molecule has 0 saturated heterocycles. The monoisotopic (exact) mass is 257 g/mol. The number of hydrogen-bond donors (Lipinski definition) is 2. The molecule has 17 heavy (non-hydrogen) atoms. The Kier molecular flexibility index (Phi) is 4.39. The van der Waals surface area contributed by atoms with Crippen LogP contribution in [0.4, 0.5) is 0 Å². The minimum atomic E-state index is -3.62. The number of carbonyl (C=O) groups is 1. The molecule has 94 valence electrons. The summed E-state index contributed by atoms with van der Waals surface area (Å²) in [5, 5.41) is 9.01. The SMILES string of the molecule is CC(=O)c1ccc(S(=O)(=O)NCC(C)O)cc1. The maximum atomic E-state index is 11.7. The van der Waals surface area contributed by atoms with Gasteiger partial charge in [-0.1, -0.05) is 12.1 Å². The minimum Gasteiger partial charge on any atom is -0.392 e. The summed E-state index contributed by atoms with van der Waals surface area (Å²) in [6, 6.07) is 5.64. The van der Waals surface area contributed by atoms with Gasteiger partial charge in [0.1, 0.15) is 0 Å². The molecule has 1 rings (SSSR count). The van der Waals surface area contributed by atoms with E-state index in [-0.39, 0.29) is 17.2 Å². The fourth-order valence-electron chi connectivity index (χ4n) is 1.18. The second-order valence-corrected chi connectivity index (χ2v) is 5.55. The molecule has 0 aliphatic rings.